The van der Waals surface area contributed by atoms with Gasteiger partial charge in [-0.1, -0.05) is 6.07 Å². The smallest absolute Gasteiger partial charge is 0.399 e. The number of hydrogen-bond donors (Lipinski definition) is 0. The molecule has 1 aliphatic rings. The van der Waals surface area contributed by atoms with Gasteiger partial charge in [0.2, 0.25) is 0 Å². The second-order valence-corrected chi connectivity index (χ2v) is 6.02. The van der Waals surface area contributed by atoms with Crippen molar-refractivity contribution in [1.29, 1.82) is 5.26 Å². The highest BCUT2D eigenvalue weighted by molar-refractivity contribution is 7.22. The number of nitriles is 1. The normalized spacial score (nSPS) is 22.1. The molecule has 0 radical (unpaired) electrons. The lowest BCUT2D eigenvalue weighted by Gasteiger charge is -2.32. The van der Waals surface area contributed by atoms with Crippen LogP contribution in [0, 0.1) is 11.3 Å². The fourth-order valence-electron chi connectivity index (χ4n) is 1.50. The van der Waals surface area contributed by atoms with Gasteiger partial charge in [-0.15, -0.1) is 11.3 Å². The van der Waals surface area contributed by atoms with Crippen LogP contribution in [0.15, 0.2) is 12.1 Å². The van der Waals surface area contributed by atoms with Crippen molar-refractivity contribution in [2.45, 2.75) is 38.9 Å². The summed E-state index contributed by atoms with van der Waals surface area (Å²) in [5.74, 6) is 0. The predicted molar refractivity (Wildman–Crippen MR) is 64.8 cm³/mol. The quantitative estimate of drug-likeness (QED) is 0.698. The molecule has 0 amide bonds. The lowest BCUT2D eigenvalue weighted by molar-refractivity contribution is 0.00578. The van der Waals surface area contributed by atoms with Crippen LogP contribution in [0.3, 0.4) is 0 Å². The Morgan fingerprint density at radius 2 is 1.75 bits per heavy atom. The summed E-state index contributed by atoms with van der Waals surface area (Å²) in [7, 11) is -0.350. The lowest BCUT2D eigenvalue weighted by Crippen LogP contribution is -2.41. The molecule has 1 aromatic heterocycles. The molecule has 1 fully saturated rings. The Kier molecular flexibility index (Phi) is 2.62. The first kappa shape index (κ1) is 11.7. The van der Waals surface area contributed by atoms with E-state index in [0.717, 1.165) is 4.78 Å². The van der Waals surface area contributed by atoms with Gasteiger partial charge in [0.25, 0.3) is 0 Å². The molecule has 1 aliphatic heterocycles. The van der Waals surface area contributed by atoms with Gasteiger partial charge < -0.3 is 9.31 Å². The van der Waals surface area contributed by atoms with Crippen molar-refractivity contribution in [2.24, 2.45) is 0 Å². The highest BCUT2D eigenvalue weighted by Gasteiger charge is 2.52. The molecule has 0 aromatic carbocycles. The summed E-state index contributed by atoms with van der Waals surface area (Å²) in [5, 5.41) is 8.78. The van der Waals surface area contributed by atoms with E-state index in [1.807, 2.05) is 33.8 Å². The summed E-state index contributed by atoms with van der Waals surface area (Å²) in [6, 6.07) is 5.81. The van der Waals surface area contributed by atoms with Crippen LogP contribution in [0.25, 0.3) is 0 Å². The molecule has 3 nitrogen and oxygen atoms in total. The van der Waals surface area contributed by atoms with Gasteiger partial charge in [-0.05, 0) is 33.8 Å². The van der Waals surface area contributed by atoms with E-state index >= 15 is 0 Å². The van der Waals surface area contributed by atoms with Crippen LogP contribution in [0.2, 0.25) is 0 Å². The van der Waals surface area contributed by atoms with E-state index in [1.165, 1.54) is 11.3 Å². The van der Waals surface area contributed by atoms with Gasteiger partial charge in [-0.25, -0.2) is 0 Å². The van der Waals surface area contributed by atoms with Crippen LogP contribution >= 0.6 is 11.3 Å². The molecule has 2 heterocycles. The average Bonchev–Trinajstić information content (AvgIpc) is 2.70. The van der Waals surface area contributed by atoms with Crippen LogP contribution in [-0.2, 0) is 9.31 Å². The summed E-state index contributed by atoms with van der Waals surface area (Å²) >= 11 is 1.42. The van der Waals surface area contributed by atoms with Crippen molar-refractivity contribution in [3.05, 3.63) is 17.0 Å². The first-order chi connectivity index (χ1) is 7.36. The monoisotopic (exact) mass is 235 g/mol. The zero-order valence-electron chi connectivity index (χ0n) is 9.90. The van der Waals surface area contributed by atoms with E-state index < -0.39 is 0 Å². The van der Waals surface area contributed by atoms with Crippen molar-refractivity contribution in [3.8, 4) is 6.07 Å². The molecule has 0 aliphatic carbocycles. The third-order valence-electron chi connectivity index (χ3n) is 3.22. The van der Waals surface area contributed by atoms with E-state index in [-0.39, 0.29) is 18.3 Å². The molecule has 5 heteroatoms. The second kappa shape index (κ2) is 3.59. The Bertz CT molecular complexity index is 431. The van der Waals surface area contributed by atoms with E-state index in [2.05, 4.69) is 6.07 Å². The van der Waals surface area contributed by atoms with E-state index in [0.29, 0.717) is 4.88 Å². The van der Waals surface area contributed by atoms with Gasteiger partial charge in [0.1, 0.15) is 10.9 Å². The van der Waals surface area contributed by atoms with Crippen LogP contribution in [0.5, 0.6) is 0 Å². The molecule has 0 atom stereocenters. The van der Waals surface area contributed by atoms with E-state index in [9.17, 15) is 0 Å². The zero-order valence-corrected chi connectivity index (χ0v) is 10.7. The Morgan fingerprint density at radius 1 is 1.19 bits per heavy atom. The van der Waals surface area contributed by atoms with Gasteiger partial charge in [0.05, 0.1) is 11.2 Å². The second-order valence-electron chi connectivity index (χ2n) is 4.90. The number of nitrogens with zero attached hydrogens (tertiary/aromatic N) is 1. The third-order valence-corrected chi connectivity index (χ3v) is 4.23. The predicted octanol–water partition coefficient (Wildman–Crippen LogP) is 1.92. The SMILES string of the molecule is CC1(C)OB(c2ccc(C#N)s2)OC1(C)C. The Morgan fingerprint density at radius 3 is 2.19 bits per heavy atom. The number of thiophene rings is 1. The van der Waals surface area contributed by atoms with Gasteiger partial charge in [0, 0.05) is 4.78 Å². The third kappa shape index (κ3) is 1.77. The molecule has 0 saturated carbocycles. The van der Waals surface area contributed by atoms with Gasteiger partial charge >= 0.3 is 7.12 Å². The largest absolute Gasteiger partial charge is 0.505 e. The highest BCUT2D eigenvalue weighted by Crippen LogP contribution is 2.36. The van der Waals surface area contributed by atoms with Gasteiger partial charge in [-0.3, -0.25) is 0 Å². The van der Waals surface area contributed by atoms with Crippen molar-refractivity contribution in [3.63, 3.8) is 0 Å². The maximum atomic E-state index is 8.78. The molecular weight excluding hydrogens is 221 g/mol. The van der Waals surface area contributed by atoms with E-state index in [4.69, 9.17) is 14.6 Å². The molecular formula is C11H14BNO2S. The summed E-state index contributed by atoms with van der Waals surface area (Å²) in [6.45, 7) is 8.08. The minimum absolute atomic E-state index is 0.325. The highest BCUT2D eigenvalue weighted by atomic mass is 32.1. The van der Waals surface area contributed by atoms with Crippen LogP contribution in [0.1, 0.15) is 32.6 Å². The van der Waals surface area contributed by atoms with Crippen molar-refractivity contribution >= 4 is 23.2 Å². The van der Waals surface area contributed by atoms with Crippen molar-refractivity contribution < 1.29 is 9.31 Å². The van der Waals surface area contributed by atoms with Crippen LogP contribution < -0.4 is 4.78 Å². The van der Waals surface area contributed by atoms with E-state index in [1.54, 1.807) is 6.07 Å². The fourth-order valence-corrected chi connectivity index (χ4v) is 2.26. The Balaban J connectivity index is 2.24. The Labute approximate surface area is 100 Å². The molecule has 1 aromatic rings. The minimum Gasteiger partial charge on any atom is -0.399 e. The molecule has 2 rings (SSSR count). The number of rotatable bonds is 1. The lowest BCUT2D eigenvalue weighted by atomic mass is 9.88. The molecule has 0 unspecified atom stereocenters. The average molecular weight is 235 g/mol. The maximum absolute atomic E-state index is 8.78. The first-order valence-corrected chi connectivity index (χ1v) is 6.03. The van der Waals surface area contributed by atoms with Crippen molar-refractivity contribution in [1.82, 2.24) is 0 Å². The van der Waals surface area contributed by atoms with Gasteiger partial charge in [-0.2, -0.15) is 5.26 Å². The first-order valence-electron chi connectivity index (χ1n) is 5.21. The molecule has 0 spiro atoms. The van der Waals surface area contributed by atoms with Crippen molar-refractivity contribution in [2.75, 3.05) is 0 Å². The standard InChI is InChI=1S/C11H14BNO2S/c1-10(2)11(3,4)15-12(14-10)9-6-5-8(7-13)16-9/h5-6H,1-4H3. The molecule has 16 heavy (non-hydrogen) atoms. The Hall–Kier alpha value is -0.825. The van der Waals surface area contributed by atoms with Crippen LogP contribution in [0.4, 0.5) is 0 Å². The van der Waals surface area contributed by atoms with Crippen LogP contribution in [-0.4, -0.2) is 18.3 Å². The maximum Gasteiger partial charge on any atom is 0.505 e. The van der Waals surface area contributed by atoms with Gasteiger partial charge in [0.15, 0.2) is 0 Å². The summed E-state index contributed by atoms with van der Waals surface area (Å²) in [6.07, 6.45) is 0. The summed E-state index contributed by atoms with van der Waals surface area (Å²) < 4.78 is 12.7. The summed E-state index contributed by atoms with van der Waals surface area (Å²) in [4.78, 5) is 0.685. The topological polar surface area (TPSA) is 42.2 Å². The number of hydrogen-bond acceptors (Lipinski definition) is 4. The molecule has 0 N–H and O–H groups in total. The molecule has 0 bridgehead atoms. The zero-order chi connectivity index (χ0) is 12.0. The molecule has 84 valence electrons. The molecule has 1 saturated heterocycles. The summed E-state index contributed by atoms with van der Waals surface area (Å²) in [5.41, 5.74) is -0.650. The minimum atomic E-state index is -0.350. The fraction of sp³-hybridized carbons (Fsp3) is 0.545.